The van der Waals surface area contributed by atoms with Crippen LogP contribution in [-0.2, 0) is 4.79 Å². The van der Waals surface area contributed by atoms with E-state index in [0.717, 1.165) is 11.3 Å². The lowest BCUT2D eigenvalue weighted by atomic mass is 9.92. The number of hydrogen-bond acceptors (Lipinski definition) is 4. The Bertz CT molecular complexity index is 873. The van der Waals surface area contributed by atoms with Gasteiger partial charge in [-0.1, -0.05) is 6.07 Å². The second kappa shape index (κ2) is 7.57. The first kappa shape index (κ1) is 17.3. The summed E-state index contributed by atoms with van der Waals surface area (Å²) in [5.41, 5.74) is 1.87. The van der Waals surface area contributed by atoms with Gasteiger partial charge >= 0.3 is 0 Å². The fraction of sp³-hybridized carbons (Fsp3) is 0.200. The van der Waals surface area contributed by atoms with Gasteiger partial charge < -0.3 is 4.74 Å². The lowest BCUT2D eigenvalue weighted by Gasteiger charge is -2.15. The number of rotatable bonds is 6. The summed E-state index contributed by atoms with van der Waals surface area (Å²) < 4.78 is 18.7. The minimum Gasteiger partial charge on any atom is -0.439 e. The van der Waals surface area contributed by atoms with Crippen LogP contribution in [0.5, 0.6) is 11.6 Å². The number of aryl methyl sites for hydroxylation is 1. The van der Waals surface area contributed by atoms with Crippen LogP contribution in [0.4, 0.5) is 4.39 Å². The minimum absolute atomic E-state index is 0.0979. The lowest BCUT2D eigenvalue weighted by molar-refractivity contribution is -0.117. The van der Waals surface area contributed by atoms with Gasteiger partial charge in [0.25, 0.3) is 0 Å². The van der Waals surface area contributed by atoms with Crippen molar-refractivity contribution < 1.29 is 13.9 Å². The molecule has 0 saturated carbocycles. The molecule has 0 amide bonds. The highest BCUT2D eigenvalue weighted by Crippen LogP contribution is 2.32. The van der Waals surface area contributed by atoms with Gasteiger partial charge in [-0.2, -0.15) is 0 Å². The van der Waals surface area contributed by atoms with E-state index in [0.29, 0.717) is 18.1 Å². The highest BCUT2D eigenvalue weighted by Gasteiger charge is 2.19. The second-order valence-corrected chi connectivity index (χ2v) is 7.02. The molecule has 0 aliphatic carbocycles. The number of carbonyl (C=O) groups excluding carboxylic acids is 1. The van der Waals surface area contributed by atoms with Crippen molar-refractivity contribution in [3.63, 3.8) is 0 Å². The van der Waals surface area contributed by atoms with Gasteiger partial charge in [0.15, 0.2) is 0 Å². The molecule has 2 aromatic heterocycles. The van der Waals surface area contributed by atoms with Crippen LogP contribution in [0.15, 0.2) is 53.9 Å². The van der Waals surface area contributed by atoms with Gasteiger partial charge in [-0.05, 0) is 61.2 Å². The third kappa shape index (κ3) is 4.51. The Morgan fingerprint density at radius 2 is 2.00 bits per heavy atom. The number of ketones is 1. The molecule has 1 aromatic carbocycles. The maximum atomic E-state index is 13.0. The molecule has 1 atom stereocenters. The Kier molecular flexibility index (Phi) is 5.24. The van der Waals surface area contributed by atoms with Crippen molar-refractivity contribution >= 4 is 17.1 Å². The van der Waals surface area contributed by atoms with Crippen LogP contribution in [0, 0.1) is 12.7 Å². The van der Waals surface area contributed by atoms with Crippen LogP contribution >= 0.6 is 11.3 Å². The van der Waals surface area contributed by atoms with Crippen molar-refractivity contribution in [1.29, 1.82) is 0 Å². The molecular formula is C20H18FNO2S. The fourth-order valence-corrected chi connectivity index (χ4v) is 3.39. The van der Waals surface area contributed by atoms with Crippen molar-refractivity contribution in [2.24, 2.45) is 0 Å². The maximum absolute atomic E-state index is 13.0. The summed E-state index contributed by atoms with van der Waals surface area (Å²) >= 11 is 1.66. The number of thiophene rings is 1. The molecule has 2 heterocycles. The highest BCUT2D eigenvalue weighted by atomic mass is 32.1. The number of halogens is 1. The molecular weight excluding hydrogens is 337 g/mol. The SMILES string of the molecule is CC(=O)CC(c1csc(C)c1)c1cccc(Oc2ccc(F)cc2)n1. The van der Waals surface area contributed by atoms with E-state index < -0.39 is 0 Å². The molecule has 0 bridgehead atoms. The van der Waals surface area contributed by atoms with Gasteiger partial charge in [-0.25, -0.2) is 9.37 Å². The molecule has 0 fully saturated rings. The van der Waals surface area contributed by atoms with Gasteiger partial charge in [0, 0.05) is 23.3 Å². The smallest absolute Gasteiger partial charge is 0.219 e. The van der Waals surface area contributed by atoms with Crippen molar-refractivity contribution in [2.45, 2.75) is 26.2 Å². The Hall–Kier alpha value is -2.53. The zero-order valence-corrected chi connectivity index (χ0v) is 14.8. The molecule has 0 N–H and O–H groups in total. The maximum Gasteiger partial charge on any atom is 0.219 e. The Morgan fingerprint density at radius 1 is 1.24 bits per heavy atom. The predicted octanol–water partition coefficient (Wildman–Crippen LogP) is 5.49. The number of nitrogens with zero attached hydrogens (tertiary/aromatic N) is 1. The van der Waals surface area contributed by atoms with Crippen LogP contribution in [0.1, 0.15) is 35.4 Å². The standard InChI is InChI=1S/C20H18FNO2S/c1-13(23)10-18(15-11-14(2)25-12-15)19-4-3-5-20(22-19)24-17-8-6-16(21)7-9-17/h3-9,11-12,18H,10H2,1-2H3. The Balaban J connectivity index is 1.89. The number of ether oxygens (including phenoxy) is 1. The molecule has 0 aliphatic heterocycles. The molecule has 0 radical (unpaired) electrons. The van der Waals surface area contributed by atoms with E-state index >= 15 is 0 Å². The van der Waals surface area contributed by atoms with E-state index in [-0.39, 0.29) is 17.5 Å². The first-order chi connectivity index (χ1) is 12.0. The quantitative estimate of drug-likeness (QED) is 0.586. The van der Waals surface area contributed by atoms with E-state index in [2.05, 4.69) is 16.4 Å². The number of Topliss-reactive ketones (excluding diaryl/α,β-unsaturated/α-hetero) is 1. The largest absolute Gasteiger partial charge is 0.439 e. The van der Waals surface area contributed by atoms with E-state index in [1.807, 2.05) is 19.1 Å². The molecule has 3 aromatic rings. The van der Waals surface area contributed by atoms with Gasteiger partial charge in [-0.15, -0.1) is 11.3 Å². The topological polar surface area (TPSA) is 39.2 Å². The summed E-state index contributed by atoms with van der Waals surface area (Å²) in [6.07, 6.45) is 0.392. The molecule has 0 spiro atoms. The molecule has 3 nitrogen and oxygen atoms in total. The Labute approximate surface area is 150 Å². The van der Waals surface area contributed by atoms with Crippen molar-refractivity contribution in [2.75, 3.05) is 0 Å². The number of hydrogen-bond donors (Lipinski definition) is 0. The van der Waals surface area contributed by atoms with Crippen LogP contribution in [0.25, 0.3) is 0 Å². The molecule has 3 rings (SSSR count). The minimum atomic E-state index is -0.316. The Morgan fingerprint density at radius 3 is 2.64 bits per heavy atom. The number of pyridine rings is 1. The third-order valence-electron chi connectivity index (χ3n) is 3.78. The number of benzene rings is 1. The predicted molar refractivity (Wildman–Crippen MR) is 96.9 cm³/mol. The molecule has 1 unspecified atom stereocenters. The van der Waals surface area contributed by atoms with Gasteiger partial charge in [0.2, 0.25) is 5.88 Å². The van der Waals surface area contributed by atoms with Crippen LogP contribution in [-0.4, -0.2) is 10.8 Å². The summed E-state index contributed by atoms with van der Waals surface area (Å²) in [5.74, 6) is 0.633. The van der Waals surface area contributed by atoms with Gasteiger partial charge in [0.1, 0.15) is 17.3 Å². The first-order valence-corrected chi connectivity index (χ1v) is 8.84. The van der Waals surface area contributed by atoms with Gasteiger partial charge in [-0.3, -0.25) is 4.79 Å². The van der Waals surface area contributed by atoms with Crippen LogP contribution in [0.3, 0.4) is 0 Å². The fourth-order valence-electron chi connectivity index (χ4n) is 2.63. The van der Waals surface area contributed by atoms with Crippen molar-refractivity contribution in [3.8, 4) is 11.6 Å². The number of carbonyl (C=O) groups is 1. The van der Waals surface area contributed by atoms with E-state index in [1.165, 1.54) is 17.0 Å². The zero-order valence-electron chi connectivity index (χ0n) is 14.0. The zero-order chi connectivity index (χ0) is 17.8. The summed E-state index contributed by atoms with van der Waals surface area (Å²) in [6, 6.07) is 13.4. The average molecular weight is 355 g/mol. The highest BCUT2D eigenvalue weighted by molar-refractivity contribution is 7.10. The van der Waals surface area contributed by atoms with E-state index in [4.69, 9.17) is 4.74 Å². The lowest BCUT2D eigenvalue weighted by Crippen LogP contribution is -2.07. The monoisotopic (exact) mass is 355 g/mol. The van der Waals surface area contributed by atoms with Crippen LogP contribution in [0.2, 0.25) is 0 Å². The van der Waals surface area contributed by atoms with E-state index in [9.17, 15) is 9.18 Å². The average Bonchev–Trinajstić information content (AvgIpc) is 3.01. The first-order valence-electron chi connectivity index (χ1n) is 7.96. The molecule has 0 saturated heterocycles. The normalized spacial score (nSPS) is 12.0. The van der Waals surface area contributed by atoms with Crippen molar-refractivity contribution in [3.05, 3.63) is 75.9 Å². The molecule has 5 heteroatoms. The number of aromatic nitrogens is 1. The van der Waals surface area contributed by atoms with Crippen molar-refractivity contribution in [1.82, 2.24) is 4.98 Å². The summed E-state index contributed by atoms with van der Waals surface area (Å²) in [7, 11) is 0. The molecule has 25 heavy (non-hydrogen) atoms. The van der Waals surface area contributed by atoms with E-state index in [1.54, 1.807) is 36.5 Å². The second-order valence-electron chi connectivity index (χ2n) is 5.91. The molecule has 128 valence electrons. The summed E-state index contributed by atoms with van der Waals surface area (Å²) in [5, 5.41) is 2.07. The third-order valence-corrected chi connectivity index (χ3v) is 4.66. The van der Waals surface area contributed by atoms with Crippen LogP contribution < -0.4 is 4.74 Å². The van der Waals surface area contributed by atoms with Gasteiger partial charge in [0.05, 0.1) is 5.69 Å². The summed E-state index contributed by atoms with van der Waals surface area (Å²) in [4.78, 5) is 17.5. The summed E-state index contributed by atoms with van der Waals surface area (Å²) in [6.45, 7) is 3.63. The molecule has 0 aliphatic rings.